The minimum atomic E-state index is -5.24. The fourth-order valence-corrected chi connectivity index (χ4v) is 4.97. The molecule has 4 heterocycles. The lowest BCUT2D eigenvalue weighted by Crippen LogP contribution is -2.45. The molecule has 0 amide bonds. The Morgan fingerprint density at radius 1 is 0.860 bits per heavy atom. The smallest absolute Gasteiger partial charge is 0.394 e. The van der Waals surface area contributed by atoms with Gasteiger partial charge in [-0.2, -0.15) is 8.78 Å². The Labute approximate surface area is 235 Å². The van der Waals surface area contributed by atoms with Crippen molar-refractivity contribution in [3.8, 4) is 0 Å². The van der Waals surface area contributed by atoms with E-state index >= 15 is 0 Å². The number of aromatic nitrogens is 4. The van der Waals surface area contributed by atoms with Crippen molar-refractivity contribution in [1.82, 2.24) is 19.1 Å². The Kier molecular flexibility index (Phi) is 11.8. The van der Waals surface area contributed by atoms with Gasteiger partial charge in [0.2, 0.25) is 11.6 Å². The van der Waals surface area contributed by atoms with Gasteiger partial charge in [0, 0.05) is 12.8 Å². The average molecular weight is 670 g/mol. The minimum Gasteiger partial charge on any atom is -0.394 e. The Morgan fingerprint density at radius 2 is 1.35 bits per heavy atom. The highest BCUT2D eigenvalue weighted by Crippen LogP contribution is 2.60. The maximum atomic E-state index is 13.3. The van der Waals surface area contributed by atoms with E-state index < -0.39 is 105 Å². The molecule has 4 rings (SSSR count). The number of aromatic amines is 2. The van der Waals surface area contributed by atoms with Crippen LogP contribution in [0.1, 0.15) is 19.1 Å². The Hall–Kier alpha value is -2.76. The highest BCUT2D eigenvalue weighted by atomic mass is 31.2. The summed E-state index contributed by atoms with van der Waals surface area (Å²) in [4.78, 5) is 88.7. The van der Waals surface area contributed by atoms with Crippen molar-refractivity contribution in [1.29, 1.82) is 0 Å². The molecule has 0 radical (unpaired) electrons. The van der Waals surface area contributed by atoms with E-state index in [0.29, 0.717) is 0 Å². The molecule has 2 aliphatic heterocycles. The molecule has 6 atom stereocenters. The SMILES string of the molecule is O=P(O)(O)O.O=c1[nH]c(=O)n([C@@]2(P(=O)(O)O)C[C@H](O)[C@@H](CO)O2)cc1F.O=c1[nH]c(=O)n([C@H]2C[C@H](O)[C@@H](CO)O2)cc1F. The van der Waals surface area contributed by atoms with Crippen molar-refractivity contribution in [2.24, 2.45) is 0 Å². The van der Waals surface area contributed by atoms with Crippen LogP contribution < -0.4 is 22.5 Å². The van der Waals surface area contributed by atoms with Crippen LogP contribution in [0.15, 0.2) is 31.6 Å². The Balaban J connectivity index is 0.000000264. The number of ether oxygens (including phenoxy) is 2. The molecule has 21 nitrogen and oxygen atoms in total. The van der Waals surface area contributed by atoms with Gasteiger partial charge in [-0.3, -0.25) is 33.3 Å². The van der Waals surface area contributed by atoms with Crippen LogP contribution in [0, 0.1) is 11.6 Å². The summed E-state index contributed by atoms with van der Waals surface area (Å²) in [5, 5.41) is 37.0. The summed E-state index contributed by atoms with van der Waals surface area (Å²) in [6, 6.07) is 0. The maximum absolute atomic E-state index is 13.3. The predicted molar refractivity (Wildman–Crippen MR) is 131 cm³/mol. The molecule has 11 N–H and O–H groups in total. The summed E-state index contributed by atoms with van der Waals surface area (Å²) >= 11 is 0. The fraction of sp³-hybridized carbons (Fsp3) is 0.556. The van der Waals surface area contributed by atoms with Gasteiger partial charge in [-0.05, 0) is 0 Å². The summed E-state index contributed by atoms with van der Waals surface area (Å²) in [6.07, 6.45) is -5.26. The Bertz CT molecular complexity index is 1610. The minimum absolute atomic E-state index is 0.0383. The molecule has 2 aromatic rings. The van der Waals surface area contributed by atoms with Crippen LogP contribution in [0.4, 0.5) is 8.78 Å². The van der Waals surface area contributed by atoms with Crippen LogP contribution in [0.5, 0.6) is 0 Å². The van der Waals surface area contributed by atoms with E-state index in [1.165, 1.54) is 4.98 Å². The van der Waals surface area contributed by atoms with Crippen LogP contribution in [0.3, 0.4) is 0 Å². The molecule has 0 unspecified atom stereocenters. The second-order valence-electron chi connectivity index (χ2n) is 8.78. The number of hydrogen-bond donors (Lipinski definition) is 11. The second-order valence-corrected chi connectivity index (χ2v) is 11.6. The van der Waals surface area contributed by atoms with Gasteiger partial charge in [0.25, 0.3) is 16.6 Å². The van der Waals surface area contributed by atoms with E-state index in [-0.39, 0.29) is 17.2 Å². The van der Waals surface area contributed by atoms with Gasteiger partial charge in [-0.15, -0.1) is 0 Å². The largest absolute Gasteiger partial charge is 0.466 e. The summed E-state index contributed by atoms with van der Waals surface area (Å²) in [7, 11) is -9.87. The van der Waals surface area contributed by atoms with E-state index in [4.69, 9.17) is 38.9 Å². The number of aliphatic hydroxyl groups excluding tert-OH is 4. The van der Waals surface area contributed by atoms with Gasteiger partial charge in [0.05, 0.1) is 37.8 Å². The normalized spacial score (nSPS) is 27.2. The molecule has 0 aliphatic carbocycles. The zero-order valence-electron chi connectivity index (χ0n) is 21.2. The highest BCUT2D eigenvalue weighted by Gasteiger charge is 2.59. The molecule has 0 bridgehead atoms. The maximum Gasteiger partial charge on any atom is 0.466 e. The van der Waals surface area contributed by atoms with Crippen molar-refractivity contribution < 1.29 is 72.3 Å². The van der Waals surface area contributed by atoms with Gasteiger partial charge < -0.3 is 54.4 Å². The third-order valence-electron chi connectivity index (χ3n) is 5.77. The molecule has 0 spiro atoms. The van der Waals surface area contributed by atoms with Gasteiger partial charge in [0.1, 0.15) is 18.4 Å². The molecule has 2 aliphatic rings. The molecule has 2 saturated heterocycles. The number of nitrogens with zero attached hydrogens (tertiary/aromatic N) is 2. The molecule has 43 heavy (non-hydrogen) atoms. The first-order valence-corrected chi connectivity index (χ1v) is 14.6. The zero-order valence-corrected chi connectivity index (χ0v) is 23.0. The molecule has 244 valence electrons. The molecule has 2 fully saturated rings. The van der Waals surface area contributed by atoms with E-state index in [2.05, 4.69) is 0 Å². The summed E-state index contributed by atoms with van der Waals surface area (Å²) in [6.45, 7) is -1.18. The molecular weight excluding hydrogens is 644 g/mol. The Morgan fingerprint density at radius 3 is 1.79 bits per heavy atom. The van der Waals surface area contributed by atoms with Crippen LogP contribution in [0.25, 0.3) is 0 Å². The molecule has 0 saturated carbocycles. The van der Waals surface area contributed by atoms with Crippen molar-refractivity contribution in [3.05, 3.63) is 65.7 Å². The first-order chi connectivity index (χ1) is 19.6. The summed E-state index contributed by atoms with van der Waals surface area (Å²) < 4.78 is 58.1. The number of H-pyrrole nitrogens is 2. The van der Waals surface area contributed by atoms with Crippen molar-refractivity contribution in [3.63, 3.8) is 0 Å². The number of phosphoric acid groups is 1. The van der Waals surface area contributed by atoms with Crippen molar-refractivity contribution in [2.45, 2.75) is 49.0 Å². The van der Waals surface area contributed by atoms with Crippen LogP contribution in [-0.4, -0.2) is 102 Å². The lowest BCUT2D eigenvalue weighted by atomic mass is 10.2. The van der Waals surface area contributed by atoms with Crippen LogP contribution in [0.2, 0.25) is 0 Å². The second kappa shape index (κ2) is 13.9. The first kappa shape index (κ1) is 36.4. The standard InChI is InChI=1S/C9H12FN2O8P.C9H11FN2O5.H3O4P/c10-4-2-12(8(16)11-7(4)15)9(21(17,18)19)1-5(14)6(3-13)20-9;10-4-2-12(9(16)11-8(4)15)7-1-5(14)6(3-13)17-7;1-5(2,3)4/h2,5-6,13-14H,1,3H2,(H,11,15,16)(H2,17,18,19);2,5-7,13-14H,1,3H2,(H,11,15,16);(H3,1,2,3,4)/t5-,6+,9-;5-,6+,7+;/m00./s1. The summed E-state index contributed by atoms with van der Waals surface area (Å²) in [5.41, 5.74) is -7.33. The predicted octanol–water partition coefficient (Wildman–Crippen LogP) is -5.01. The third kappa shape index (κ3) is 8.89. The molecular formula is C18H26F2N4O17P2. The molecule has 0 aromatic carbocycles. The van der Waals surface area contributed by atoms with E-state index in [1.807, 2.05) is 0 Å². The van der Waals surface area contributed by atoms with Crippen molar-refractivity contribution in [2.75, 3.05) is 13.2 Å². The van der Waals surface area contributed by atoms with Gasteiger partial charge in [0.15, 0.2) is 0 Å². The summed E-state index contributed by atoms with van der Waals surface area (Å²) in [5.74, 6) is -2.58. The lowest BCUT2D eigenvalue weighted by molar-refractivity contribution is -0.0812. The number of halogens is 2. The number of rotatable bonds is 5. The van der Waals surface area contributed by atoms with Gasteiger partial charge >= 0.3 is 26.8 Å². The van der Waals surface area contributed by atoms with Crippen LogP contribution >= 0.6 is 15.4 Å². The fourth-order valence-electron chi connectivity index (χ4n) is 3.85. The number of aliphatic hydroxyl groups is 4. The average Bonchev–Trinajstić information content (AvgIpc) is 3.42. The zero-order chi connectivity index (χ0) is 33.1. The van der Waals surface area contributed by atoms with Crippen molar-refractivity contribution >= 4 is 15.4 Å². The molecule has 25 heteroatoms. The third-order valence-corrected chi connectivity index (χ3v) is 7.19. The molecule has 2 aromatic heterocycles. The van der Waals surface area contributed by atoms with E-state index in [0.717, 1.165) is 10.8 Å². The van der Waals surface area contributed by atoms with Gasteiger partial charge in [-0.25, -0.2) is 14.2 Å². The number of hydrogen-bond acceptors (Lipinski definition) is 12. The number of nitrogens with one attached hydrogen (secondary N) is 2. The first-order valence-electron chi connectivity index (χ1n) is 11.4. The monoisotopic (exact) mass is 670 g/mol. The van der Waals surface area contributed by atoms with E-state index in [9.17, 15) is 52.5 Å². The van der Waals surface area contributed by atoms with Gasteiger partial charge in [-0.1, -0.05) is 0 Å². The topological polar surface area (TPSA) is 344 Å². The lowest BCUT2D eigenvalue weighted by Gasteiger charge is -2.31. The highest BCUT2D eigenvalue weighted by molar-refractivity contribution is 7.52. The van der Waals surface area contributed by atoms with Crippen LogP contribution in [-0.2, 0) is 24.1 Å². The quantitative estimate of drug-likeness (QED) is 0.133. The van der Waals surface area contributed by atoms with E-state index in [1.54, 1.807) is 4.98 Å².